The molecule has 3 N–H and O–H groups in total. The van der Waals surface area contributed by atoms with E-state index in [0.29, 0.717) is 0 Å². The lowest BCUT2D eigenvalue weighted by Crippen LogP contribution is -2.30. The average Bonchev–Trinajstić information content (AvgIpc) is 2.43. The Bertz CT molecular complexity index is 146. The first-order valence-electron chi connectivity index (χ1n) is 7.45. The molecule has 0 aromatic heterocycles. The van der Waals surface area contributed by atoms with Gasteiger partial charge in [0.2, 0.25) is 0 Å². The van der Waals surface area contributed by atoms with Gasteiger partial charge in [-0.2, -0.15) is 0 Å². The molecule has 0 aliphatic carbocycles. The Morgan fingerprint density at radius 3 is 1.72 bits per heavy atom. The highest BCUT2D eigenvalue weighted by Gasteiger charge is 2.23. The lowest BCUT2D eigenvalue weighted by atomic mass is 9.94. The summed E-state index contributed by atoms with van der Waals surface area (Å²) in [5, 5.41) is 8.72. The van der Waals surface area contributed by atoms with Gasteiger partial charge in [0, 0.05) is 13.7 Å². The summed E-state index contributed by atoms with van der Waals surface area (Å²) in [4.78, 5) is 0. The molecule has 0 fully saturated rings. The van der Waals surface area contributed by atoms with E-state index in [0.717, 1.165) is 31.7 Å². The monoisotopic (exact) mass is 261 g/mol. The topological polar surface area (TPSA) is 55.5 Å². The van der Waals surface area contributed by atoms with E-state index in [9.17, 15) is 0 Å². The highest BCUT2D eigenvalue weighted by atomic mass is 16.5. The second kappa shape index (κ2) is 13.3. The lowest BCUT2D eigenvalue weighted by Gasteiger charge is -2.29. The third-order valence-corrected chi connectivity index (χ3v) is 4.02. The van der Waals surface area contributed by atoms with Crippen molar-refractivity contribution in [2.75, 3.05) is 20.3 Å². The predicted octanol–water partition coefficient (Wildman–Crippen LogP) is 3.35. The van der Waals surface area contributed by atoms with E-state index in [4.69, 9.17) is 15.6 Å². The Hall–Kier alpha value is -0.120. The summed E-state index contributed by atoms with van der Waals surface area (Å²) in [7, 11) is 1.71. The molecule has 18 heavy (non-hydrogen) atoms. The third kappa shape index (κ3) is 8.90. The Kier molecular flexibility index (Phi) is 14.9. The molecule has 3 nitrogen and oxygen atoms in total. The van der Waals surface area contributed by atoms with Crippen LogP contribution in [0, 0.1) is 5.92 Å². The van der Waals surface area contributed by atoms with Gasteiger partial charge >= 0.3 is 0 Å². The Morgan fingerprint density at radius 2 is 1.61 bits per heavy atom. The van der Waals surface area contributed by atoms with Crippen molar-refractivity contribution in [3.05, 3.63) is 0 Å². The number of hydrogen-bond donors (Lipinski definition) is 2. The van der Waals surface area contributed by atoms with Crippen molar-refractivity contribution in [1.82, 2.24) is 0 Å². The smallest absolute Gasteiger partial charge is 0.0695 e. The molecule has 0 rings (SSSR count). The number of aliphatic hydroxyl groups excluding tert-OH is 1. The standard InChI is InChI=1S/C8H18O2.C7H17N/c1-4-8(5-2,10-3)6-7-9;1-3-7(4-2)5-6-8/h9H,4-7H2,1-3H3;7H,3-6,8H2,1-2H3. The van der Waals surface area contributed by atoms with Crippen LogP contribution in [0.5, 0.6) is 0 Å². The Labute approximate surface area is 114 Å². The van der Waals surface area contributed by atoms with Crippen molar-refractivity contribution >= 4 is 0 Å². The second-order valence-corrected chi connectivity index (χ2v) is 4.83. The molecule has 112 valence electrons. The molecule has 0 saturated carbocycles. The van der Waals surface area contributed by atoms with E-state index in [-0.39, 0.29) is 12.2 Å². The summed E-state index contributed by atoms with van der Waals surface area (Å²) in [5.41, 5.74) is 5.31. The van der Waals surface area contributed by atoms with E-state index in [1.807, 2.05) is 0 Å². The van der Waals surface area contributed by atoms with Crippen molar-refractivity contribution in [1.29, 1.82) is 0 Å². The number of aliphatic hydroxyl groups is 1. The van der Waals surface area contributed by atoms with Gasteiger partial charge in [0.1, 0.15) is 0 Å². The summed E-state index contributed by atoms with van der Waals surface area (Å²) in [6, 6.07) is 0. The molecular formula is C15H35NO2. The first-order valence-corrected chi connectivity index (χ1v) is 7.45. The van der Waals surface area contributed by atoms with Crippen LogP contribution in [0.2, 0.25) is 0 Å². The molecule has 0 heterocycles. The molecule has 0 atom stereocenters. The maximum atomic E-state index is 8.72. The van der Waals surface area contributed by atoms with Gasteiger partial charge < -0.3 is 15.6 Å². The highest BCUT2D eigenvalue weighted by Crippen LogP contribution is 2.22. The SMILES string of the molecule is CCC(CC)(CCO)OC.CCC(CC)CCN. The zero-order chi connectivity index (χ0) is 14.4. The molecule has 0 amide bonds. The van der Waals surface area contributed by atoms with Crippen molar-refractivity contribution in [2.45, 2.75) is 71.8 Å². The molecule has 0 aromatic rings. The van der Waals surface area contributed by atoms with Gasteiger partial charge in [-0.15, -0.1) is 0 Å². The Balaban J connectivity index is 0. The summed E-state index contributed by atoms with van der Waals surface area (Å²) in [6.07, 6.45) is 6.46. The molecule has 0 aromatic carbocycles. The average molecular weight is 261 g/mol. The second-order valence-electron chi connectivity index (χ2n) is 4.83. The number of methoxy groups -OCH3 is 1. The van der Waals surface area contributed by atoms with Crippen LogP contribution in [-0.2, 0) is 4.74 Å². The molecule has 0 bridgehead atoms. The number of ether oxygens (including phenoxy) is 1. The summed E-state index contributed by atoms with van der Waals surface area (Å²) < 4.78 is 5.32. The fourth-order valence-corrected chi connectivity index (χ4v) is 2.13. The minimum absolute atomic E-state index is 0.0747. The third-order valence-electron chi connectivity index (χ3n) is 4.02. The molecule has 0 radical (unpaired) electrons. The summed E-state index contributed by atoms with van der Waals surface area (Å²) in [5.74, 6) is 0.875. The number of hydrogen-bond acceptors (Lipinski definition) is 3. The minimum Gasteiger partial charge on any atom is -0.396 e. The van der Waals surface area contributed by atoms with Crippen molar-refractivity contribution in [3.63, 3.8) is 0 Å². The lowest BCUT2D eigenvalue weighted by molar-refractivity contribution is -0.0340. The van der Waals surface area contributed by atoms with Crippen molar-refractivity contribution in [2.24, 2.45) is 11.7 Å². The number of rotatable bonds is 9. The van der Waals surface area contributed by atoms with Crippen LogP contribution in [0.4, 0.5) is 0 Å². The van der Waals surface area contributed by atoms with E-state index >= 15 is 0 Å². The largest absolute Gasteiger partial charge is 0.396 e. The maximum absolute atomic E-state index is 8.72. The van der Waals surface area contributed by atoms with Gasteiger partial charge in [-0.3, -0.25) is 0 Å². The van der Waals surface area contributed by atoms with Gasteiger partial charge in [0.25, 0.3) is 0 Å². The summed E-state index contributed by atoms with van der Waals surface area (Å²) >= 11 is 0. The van der Waals surface area contributed by atoms with Crippen LogP contribution < -0.4 is 5.73 Å². The van der Waals surface area contributed by atoms with Crippen LogP contribution in [0.3, 0.4) is 0 Å². The summed E-state index contributed by atoms with van der Waals surface area (Å²) in [6.45, 7) is 9.70. The normalized spacial score (nSPS) is 11.3. The molecule has 0 spiro atoms. The minimum atomic E-state index is -0.0747. The molecule has 0 saturated heterocycles. The van der Waals surface area contributed by atoms with Gasteiger partial charge in [0.15, 0.2) is 0 Å². The van der Waals surface area contributed by atoms with E-state index < -0.39 is 0 Å². The zero-order valence-electron chi connectivity index (χ0n) is 13.2. The van der Waals surface area contributed by atoms with E-state index in [1.165, 1.54) is 19.3 Å². The predicted molar refractivity (Wildman–Crippen MR) is 79.8 cm³/mol. The van der Waals surface area contributed by atoms with E-state index in [1.54, 1.807) is 7.11 Å². The van der Waals surface area contributed by atoms with Gasteiger partial charge in [-0.1, -0.05) is 40.5 Å². The van der Waals surface area contributed by atoms with Gasteiger partial charge in [0.05, 0.1) is 5.60 Å². The van der Waals surface area contributed by atoms with Gasteiger partial charge in [-0.05, 0) is 38.1 Å². The van der Waals surface area contributed by atoms with Gasteiger partial charge in [-0.25, -0.2) is 0 Å². The fraction of sp³-hybridized carbons (Fsp3) is 1.00. The fourth-order valence-electron chi connectivity index (χ4n) is 2.13. The molecule has 3 heteroatoms. The first-order chi connectivity index (χ1) is 8.59. The Morgan fingerprint density at radius 1 is 1.11 bits per heavy atom. The van der Waals surface area contributed by atoms with Crippen LogP contribution in [0.25, 0.3) is 0 Å². The maximum Gasteiger partial charge on any atom is 0.0695 e. The van der Waals surface area contributed by atoms with Crippen molar-refractivity contribution < 1.29 is 9.84 Å². The van der Waals surface area contributed by atoms with Crippen LogP contribution in [-0.4, -0.2) is 31.0 Å². The van der Waals surface area contributed by atoms with Crippen LogP contribution in [0.1, 0.15) is 66.2 Å². The van der Waals surface area contributed by atoms with Crippen molar-refractivity contribution in [3.8, 4) is 0 Å². The highest BCUT2D eigenvalue weighted by molar-refractivity contribution is 4.76. The van der Waals surface area contributed by atoms with Crippen LogP contribution in [0.15, 0.2) is 0 Å². The molecule has 0 aliphatic rings. The number of nitrogens with two attached hydrogens (primary N) is 1. The molecule has 0 unspecified atom stereocenters. The quantitative estimate of drug-likeness (QED) is 0.669. The zero-order valence-corrected chi connectivity index (χ0v) is 13.2. The van der Waals surface area contributed by atoms with Crippen LogP contribution >= 0.6 is 0 Å². The molecular weight excluding hydrogens is 226 g/mol. The van der Waals surface area contributed by atoms with E-state index in [2.05, 4.69) is 27.7 Å². The molecule has 0 aliphatic heterocycles. The first kappa shape index (κ1) is 20.2.